The summed E-state index contributed by atoms with van der Waals surface area (Å²) in [5.41, 5.74) is 0.116. The highest BCUT2D eigenvalue weighted by Gasteiger charge is 2.42. The first-order chi connectivity index (χ1) is 7.89. The van der Waals surface area contributed by atoms with Crippen molar-refractivity contribution in [2.45, 2.75) is 44.3 Å². The van der Waals surface area contributed by atoms with E-state index in [1.165, 1.54) is 6.42 Å². The SMILES string of the molecule is CC1(CN2CCC(C(F)(F)F)CC2)CCCN1. The molecule has 2 nitrogen and oxygen atoms in total. The lowest BCUT2D eigenvalue weighted by Gasteiger charge is -2.37. The van der Waals surface area contributed by atoms with Crippen molar-refractivity contribution in [3.05, 3.63) is 0 Å². The molecule has 0 saturated carbocycles. The summed E-state index contributed by atoms with van der Waals surface area (Å²) in [6.07, 6.45) is -1.16. The molecule has 0 aromatic carbocycles. The van der Waals surface area contributed by atoms with E-state index in [2.05, 4.69) is 17.1 Å². The van der Waals surface area contributed by atoms with Crippen LogP contribution in [0.4, 0.5) is 13.2 Å². The molecule has 2 fully saturated rings. The van der Waals surface area contributed by atoms with E-state index in [0.717, 1.165) is 19.5 Å². The van der Waals surface area contributed by atoms with Crippen LogP contribution in [0.2, 0.25) is 0 Å². The quantitative estimate of drug-likeness (QED) is 0.809. The molecule has 17 heavy (non-hydrogen) atoms. The molecule has 2 heterocycles. The third-order valence-corrected chi connectivity index (χ3v) is 4.08. The van der Waals surface area contributed by atoms with Crippen LogP contribution < -0.4 is 5.32 Å². The van der Waals surface area contributed by atoms with Crippen molar-refractivity contribution in [2.75, 3.05) is 26.2 Å². The van der Waals surface area contributed by atoms with E-state index >= 15 is 0 Å². The number of hydrogen-bond acceptors (Lipinski definition) is 2. The van der Waals surface area contributed by atoms with E-state index in [4.69, 9.17) is 0 Å². The molecule has 0 aromatic heterocycles. The van der Waals surface area contributed by atoms with E-state index < -0.39 is 12.1 Å². The smallest absolute Gasteiger partial charge is 0.310 e. The zero-order chi connectivity index (χ0) is 12.5. The van der Waals surface area contributed by atoms with Crippen LogP contribution in [-0.2, 0) is 0 Å². The first kappa shape index (κ1) is 13.1. The summed E-state index contributed by atoms with van der Waals surface area (Å²) in [5.74, 6) is -1.08. The Balaban J connectivity index is 1.79. The van der Waals surface area contributed by atoms with Gasteiger partial charge >= 0.3 is 6.18 Å². The largest absolute Gasteiger partial charge is 0.391 e. The van der Waals surface area contributed by atoms with Gasteiger partial charge < -0.3 is 10.2 Å². The molecule has 0 aromatic rings. The lowest BCUT2D eigenvalue weighted by Crippen LogP contribution is -2.50. The van der Waals surface area contributed by atoms with Gasteiger partial charge in [0.05, 0.1) is 5.92 Å². The standard InChI is InChI=1S/C12H21F3N2/c1-11(5-2-6-16-11)9-17-7-3-10(4-8-17)12(13,14)15/h10,16H,2-9H2,1H3. The van der Waals surface area contributed by atoms with Crippen LogP contribution >= 0.6 is 0 Å². The third-order valence-electron chi connectivity index (χ3n) is 4.08. The number of nitrogens with zero attached hydrogens (tertiary/aromatic N) is 1. The second kappa shape index (κ2) is 4.76. The topological polar surface area (TPSA) is 15.3 Å². The van der Waals surface area contributed by atoms with Crippen LogP contribution in [-0.4, -0.2) is 42.8 Å². The van der Waals surface area contributed by atoms with Crippen LogP contribution in [0, 0.1) is 5.92 Å². The number of hydrogen-bond donors (Lipinski definition) is 1. The van der Waals surface area contributed by atoms with Gasteiger partial charge in [0, 0.05) is 12.1 Å². The van der Waals surface area contributed by atoms with Gasteiger partial charge in [-0.05, 0) is 52.2 Å². The van der Waals surface area contributed by atoms with Gasteiger partial charge in [0.2, 0.25) is 0 Å². The van der Waals surface area contributed by atoms with Gasteiger partial charge in [-0.1, -0.05) is 0 Å². The lowest BCUT2D eigenvalue weighted by atomic mass is 9.93. The molecule has 2 saturated heterocycles. The molecule has 5 heteroatoms. The Morgan fingerprint density at radius 2 is 1.94 bits per heavy atom. The van der Waals surface area contributed by atoms with Crippen molar-refractivity contribution in [3.8, 4) is 0 Å². The summed E-state index contributed by atoms with van der Waals surface area (Å²) < 4.78 is 37.6. The first-order valence-corrected chi connectivity index (χ1v) is 6.43. The van der Waals surface area contributed by atoms with Crippen molar-refractivity contribution < 1.29 is 13.2 Å². The minimum Gasteiger partial charge on any atom is -0.310 e. The van der Waals surface area contributed by atoms with Crippen LogP contribution in [0.5, 0.6) is 0 Å². The van der Waals surface area contributed by atoms with Crippen LogP contribution in [0.25, 0.3) is 0 Å². The maximum absolute atomic E-state index is 12.5. The number of piperidine rings is 1. The molecule has 0 spiro atoms. The number of likely N-dealkylation sites (tertiary alicyclic amines) is 1. The molecule has 2 aliphatic heterocycles. The summed E-state index contributed by atoms with van der Waals surface area (Å²) in [5, 5.41) is 3.46. The third kappa shape index (κ3) is 3.35. The molecule has 0 bridgehead atoms. The molecular weight excluding hydrogens is 229 g/mol. The van der Waals surface area contributed by atoms with E-state index in [0.29, 0.717) is 13.1 Å². The summed E-state index contributed by atoms with van der Waals surface area (Å²) >= 11 is 0. The van der Waals surface area contributed by atoms with E-state index in [-0.39, 0.29) is 18.4 Å². The highest BCUT2D eigenvalue weighted by Crippen LogP contribution is 2.34. The predicted molar refractivity (Wildman–Crippen MR) is 60.9 cm³/mol. The molecule has 0 amide bonds. The summed E-state index contributed by atoms with van der Waals surface area (Å²) in [6, 6.07) is 0. The van der Waals surface area contributed by atoms with Gasteiger partial charge in [0.25, 0.3) is 0 Å². The Labute approximate surface area is 101 Å². The average Bonchev–Trinajstić information content (AvgIpc) is 2.64. The Morgan fingerprint density at radius 3 is 2.41 bits per heavy atom. The molecular formula is C12H21F3N2. The maximum Gasteiger partial charge on any atom is 0.391 e. The predicted octanol–water partition coefficient (Wildman–Crippen LogP) is 2.40. The first-order valence-electron chi connectivity index (χ1n) is 6.43. The fraction of sp³-hybridized carbons (Fsp3) is 1.00. The second-order valence-corrected chi connectivity index (χ2v) is 5.68. The lowest BCUT2D eigenvalue weighted by molar-refractivity contribution is -0.185. The molecule has 1 unspecified atom stereocenters. The number of rotatable bonds is 2. The monoisotopic (exact) mass is 250 g/mol. The van der Waals surface area contributed by atoms with E-state index in [1.54, 1.807) is 0 Å². The molecule has 1 atom stereocenters. The van der Waals surface area contributed by atoms with Crippen molar-refractivity contribution >= 4 is 0 Å². The maximum atomic E-state index is 12.5. The molecule has 100 valence electrons. The normalized spacial score (nSPS) is 33.2. The highest BCUT2D eigenvalue weighted by molar-refractivity contribution is 4.92. The van der Waals surface area contributed by atoms with Gasteiger partial charge in [0.15, 0.2) is 0 Å². The number of halogens is 3. The molecule has 0 aliphatic carbocycles. The second-order valence-electron chi connectivity index (χ2n) is 5.68. The Kier molecular flexibility index (Phi) is 3.69. The van der Waals surface area contributed by atoms with Crippen molar-refractivity contribution in [3.63, 3.8) is 0 Å². The zero-order valence-electron chi connectivity index (χ0n) is 10.3. The zero-order valence-corrected chi connectivity index (χ0v) is 10.3. The van der Waals surface area contributed by atoms with Crippen molar-refractivity contribution in [1.29, 1.82) is 0 Å². The van der Waals surface area contributed by atoms with Gasteiger partial charge in [-0.15, -0.1) is 0 Å². The van der Waals surface area contributed by atoms with Gasteiger partial charge in [-0.2, -0.15) is 13.2 Å². The molecule has 0 radical (unpaired) electrons. The Bertz CT molecular complexity index is 251. The van der Waals surface area contributed by atoms with E-state index in [9.17, 15) is 13.2 Å². The fourth-order valence-electron chi connectivity index (χ4n) is 3.00. The minimum atomic E-state index is -4.00. The molecule has 2 aliphatic rings. The molecule has 2 rings (SSSR count). The van der Waals surface area contributed by atoms with Crippen molar-refractivity contribution in [1.82, 2.24) is 10.2 Å². The Morgan fingerprint density at radius 1 is 1.29 bits per heavy atom. The van der Waals surface area contributed by atoms with Gasteiger partial charge in [-0.3, -0.25) is 0 Å². The fourth-order valence-corrected chi connectivity index (χ4v) is 3.00. The van der Waals surface area contributed by atoms with Crippen LogP contribution in [0.1, 0.15) is 32.6 Å². The average molecular weight is 250 g/mol. The summed E-state index contributed by atoms with van der Waals surface area (Å²) in [4.78, 5) is 2.18. The van der Waals surface area contributed by atoms with Crippen LogP contribution in [0.15, 0.2) is 0 Å². The minimum absolute atomic E-state index is 0.116. The summed E-state index contributed by atoms with van der Waals surface area (Å²) in [7, 11) is 0. The summed E-state index contributed by atoms with van der Waals surface area (Å²) in [6.45, 7) is 5.27. The van der Waals surface area contributed by atoms with Crippen molar-refractivity contribution in [2.24, 2.45) is 5.92 Å². The number of alkyl halides is 3. The van der Waals surface area contributed by atoms with Gasteiger partial charge in [0.1, 0.15) is 0 Å². The Hall–Kier alpha value is -0.290. The number of nitrogens with one attached hydrogen (secondary N) is 1. The van der Waals surface area contributed by atoms with Gasteiger partial charge in [-0.25, -0.2) is 0 Å². The molecule has 1 N–H and O–H groups in total. The highest BCUT2D eigenvalue weighted by atomic mass is 19.4. The van der Waals surface area contributed by atoms with Crippen LogP contribution in [0.3, 0.4) is 0 Å². The van der Waals surface area contributed by atoms with E-state index in [1.807, 2.05) is 0 Å².